The van der Waals surface area contributed by atoms with Gasteiger partial charge in [0, 0.05) is 19.4 Å². The van der Waals surface area contributed by atoms with Gasteiger partial charge < -0.3 is 10.4 Å². The molecule has 0 saturated heterocycles. The number of carbonyl (C=O) groups is 1. The van der Waals surface area contributed by atoms with Crippen molar-refractivity contribution in [2.45, 2.75) is 31.8 Å². The van der Waals surface area contributed by atoms with Crippen molar-refractivity contribution in [3.63, 3.8) is 0 Å². The molecule has 2 rings (SSSR count). The Morgan fingerprint density at radius 2 is 1.64 bits per heavy atom. The van der Waals surface area contributed by atoms with Crippen molar-refractivity contribution in [3.05, 3.63) is 71.8 Å². The van der Waals surface area contributed by atoms with Crippen LogP contribution in [0.25, 0.3) is 0 Å². The minimum absolute atomic E-state index is 0.0246. The Hall–Kier alpha value is -2.13. The Bertz CT molecular complexity index is 569. The molecule has 3 nitrogen and oxygen atoms in total. The number of benzene rings is 2. The Kier molecular flexibility index (Phi) is 6.16. The smallest absolute Gasteiger partial charge is 0.220 e. The van der Waals surface area contributed by atoms with E-state index in [-0.39, 0.29) is 18.4 Å². The van der Waals surface area contributed by atoms with E-state index in [1.165, 1.54) is 0 Å². The molecule has 0 unspecified atom stereocenters. The van der Waals surface area contributed by atoms with Gasteiger partial charge in [-0.3, -0.25) is 4.79 Å². The maximum Gasteiger partial charge on any atom is 0.220 e. The molecule has 0 heterocycles. The maximum absolute atomic E-state index is 12.0. The molecule has 0 saturated carbocycles. The summed E-state index contributed by atoms with van der Waals surface area (Å²) in [6.45, 7) is 2.32. The molecule has 22 heavy (non-hydrogen) atoms. The normalized spacial score (nSPS) is 13.4. The average molecular weight is 297 g/mol. The molecule has 0 bridgehead atoms. The van der Waals surface area contributed by atoms with E-state index in [0.717, 1.165) is 11.1 Å². The minimum atomic E-state index is -0.557. The van der Waals surface area contributed by atoms with E-state index in [1.54, 1.807) is 0 Å². The molecule has 2 aromatic rings. The minimum Gasteiger partial charge on any atom is -0.391 e. The zero-order valence-electron chi connectivity index (χ0n) is 12.9. The van der Waals surface area contributed by atoms with E-state index in [2.05, 4.69) is 5.32 Å². The van der Waals surface area contributed by atoms with Gasteiger partial charge in [-0.15, -0.1) is 0 Å². The van der Waals surface area contributed by atoms with Crippen LogP contribution in [-0.4, -0.2) is 23.7 Å². The van der Waals surface area contributed by atoms with Crippen LogP contribution in [0.4, 0.5) is 0 Å². The van der Waals surface area contributed by atoms with Crippen LogP contribution in [0.3, 0.4) is 0 Å². The molecular formula is C19H23NO2. The van der Waals surface area contributed by atoms with Crippen molar-refractivity contribution in [2.24, 2.45) is 0 Å². The van der Waals surface area contributed by atoms with E-state index in [4.69, 9.17) is 0 Å². The largest absolute Gasteiger partial charge is 0.391 e. The van der Waals surface area contributed by atoms with E-state index in [1.807, 2.05) is 67.6 Å². The van der Waals surface area contributed by atoms with Crippen LogP contribution in [0.5, 0.6) is 0 Å². The summed E-state index contributed by atoms with van der Waals surface area (Å²) in [5.41, 5.74) is 2.23. The fraction of sp³-hybridized carbons (Fsp3) is 0.316. The lowest BCUT2D eigenvalue weighted by Gasteiger charge is -2.14. The Morgan fingerprint density at radius 3 is 2.27 bits per heavy atom. The van der Waals surface area contributed by atoms with E-state index < -0.39 is 6.10 Å². The average Bonchev–Trinajstić information content (AvgIpc) is 2.55. The number of aliphatic hydroxyl groups excluding tert-OH is 1. The number of carbonyl (C=O) groups excluding carboxylic acids is 1. The van der Waals surface area contributed by atoms with Crippen LogP contribution >= 0.6 is 0 Å². The number of rotatable bonds is 7. The third kappa shape index (κ3) is 5.34. The molecule has 3 heteroatoms. The van der Waals surface area contributed by atoms with Crippen LogP contribution < -0.4 is 5.32 Å². The van der Waals surface area contributed by atoms with E-state index >= 15 is 0 Å². The van der Waals surface area contributed by atoms with E-state index in [9.17, 15) is 9.90 Å². The zero-order valence-corrected chi connectivity index (χ0v) is 12.9. The highest BCUT2D eigenvalue weighted by Crippen LogP contribution is 2.17. The topological polar surface area (TPSA) is 49.3 Å². The Morgan fingerprint density at radius 1 is 1.05 bits per heavy atom. The summed E-state index contributed by atoms with van der Waals surface area (Å²) in [6, 6.07) is 19.8. The summed E-state index contributed by atoms with van der Waals surface area (Å²) >= 11 is 0. The number of aliphatic hydroxyl groups is 1. The number of hydrogen-bond donors (Lipinski definition) is 2. The van der Waals surface area contributed by atoms with Crippen LogP contribution in [0.1, 0.15) is 30.4 Å². The third-order valence-corrected chi connectivity index (χ3v) is 3.71. The van der Waals surface area contributed by atoms with Gasteiger partial charge in [0.15, 0.2) is 0 Å². The predicted octanol–water partition coefficient (Wildman–Crippen LogP) is 2.90. The van der Waals surface area contributed by atoms with Crippen LogP contribution in [0, 0.1) is 0 Å². The summed E-state index contributed by atoms with van der Waals surface area (Å²) in [6.07, 6.45) is 0.427. The van der Waals surface area contributed by atoms with Gasteiger partial charge >= 0.3 is 0 Å². The van der Waals surface area contributed by atoms with Crippen molar-refractivity contribution in [2.75, 3.05) is 6.54 Å². The summed E-state index contributed by atoms with van der Waals surface area (Å²) in [5.74, 6) is 0.149. The monoisotopic (exact) mass is 297 g/mol. The van der Waals surface area contributed by atoms with Crippen molar-refractivity contribution in [1.29, 1.82) is 0 Å². The Labute approximate surface area is 132 Å². The lowest BCUT2D eigenvalue weighted by molar-refractivity contribution is -0.121. The van der Waals surface area contributed by atoms with Gasteiger partial charge in [0.2, 0.25) is 5.91 Å². The summed E-state index contributed by atoms with van der Waals surface area (Å²) < 4.78 is 0. The molecule has 0 spiro atoms. The fourth-order valence-corrected chi connectivity index (χ4v) is 2.44. The molecule has 2 aromatic carbocycles. The van der Waals surface area contributed by atoms with Crippen LogP contribution in [0.15, 0.2) is 60.7 Å². The van der Waals surface area contributed by atoms with Crippen molar-refractivity contribution in [3.8, 4) is 0 Å². The van der Waals surface area contributed by atoms with Gasteiger partial charge in [-0.05, 0) is 17.0 Å². The lowest BCUT2D eigenvalue weighted by Crippen LogP contribution is -2.33. The lowest BCUT2D eigenvalue weighted by atomic mass is 9.97. The quantitative estimate of drug-likeness (QED) is 0.825. The first-order valence-corrected chi connectivity index (χ1v) is 7.69. The maximum atomic E-state index is 12.0. The number of nitrogens with one attached hydrogen (secondary N) is 1. The first-order chi connectivity index (χ1) is 10.6. The van der Waals surface area contributed by atoms with Crippen LogP contribution in [-0.2, 0) is 11.2 Å². The highest BCUT2D eigenvalue weighted by Gasteiger charge is 2.12. The highest BCUT2D eigenvalue weighted by atomic mass is 16.3. The SMILES string of the molecule is C[C@@H](CC(=O)NC[C@H](O)Cc1ccccc1)c1ccccc1. The molecule has 0 fully saturated rings. The van der Waals surface area contributed by atoms with Crippen LogP contribution in [0.2, 0.25) is 0 Å². The van der Waals surface area contributed by atoms with Crippen molar-refractivity contribution >= 4 is 5.91 Å². The first kappa shape index (κ1) is 16.2. The van der Waals surface area contributed by atoms with Gasteiger partial charge in [-0.2, -0.15) is 0 Å². The molecule has 0 aliphatic carbocycles. The summed E-state index contributed by atoms with van der Waals surface area (Å²) in [7, 11) is 0. The molecule has 2 atom stereocenters. The molecule has 0 aliphatic heterocycles. The number of amides is 1. The second-order valence-corrected chi connectivity index (χ2v) is 5.66. The molecule has 2 N–H and O–H groups in total. The fourth-order valence-electron chi connectivity index (χ4n) is 2.44. The Balaban J connectivity index is 1.73. The second-order valence-electron chi connectivity index (χ2n) is 5.66. The molecule has 1 amide bonds. The predicted molar refractivity (Wildman–Crippen MR) is 88.6 cm³/mol. The standard InChI is InChI=1S/C19H23NO2/c1-15(17-10-6-3-7-11-17)12-19(22)20-14-18(21)13-16-8-4-2-5-9-16/h2-11,15,18,21H,12-14H2,1H3,(H,20,22)/t15-,18+/m0/s1. The third-order valence-electron chi connectivity index (χ3n) is 3.71. The van der Waals surface area contributed by atoms with E-state index in [0.29, 0.717) is 12.8 Å². The van der Waals surface area contributed by atoms with Gasteiger partial charge in [-0.25, -0.2) is 0 Å². The molecule has 0 radical (unpaired) electrons. The van der Waals surface area contributed by atoms with Gasteiger partial charge in [0.05, 0.1) is 6.10 Å². The molecule has 116 valence electrons. The second kappa shape index (κ2) is 8.35. The summed E-state index contributed by atoms with van der Waals surface area (Å²) in [5, 5.41) is 12.8. The van der Waals surface area contributed by atoms with Crippen molar-refractivity contribution in [1.82, 2.24) is 5.32 Å². The van der Waals surface area contributed by atoms with Gasteiger partial charge in [0.1, 0.15) is 0 Å². The molecular weight excluding hydrogens is 274 g/mol. The summed E-state index contributed by atoms with van der Waals surface area (Å²) in [4.78, 5) is 12.0. The molecule has 0 aromatic heterocycles. The highest BCUT2D eigenvalue weighted by molar-refractivity contribution is 5.76. The zero-order chi connectivity index (χ0) is 15.8. The van der Waals surface area contributed by atoms with Gasteiger partial charge in [0.25, 0.3) is 0 Å². The number of hydrogen-bond acceptors (Lipinski definition) is 2. The van der Waals surface area contributed by atoms with Crippen molar-refractivity contribution < 1.29 is 9.90 Å². The van der Waals surface area contributed by atoms with Gasteiger partial charge in [-0.1, -0.05) is 67.6 Å². The first-order valence-electron chi connectivity index (χ1n) is 7.69. The molecule has 0 aliphatic rings.